The summed E-state index contributed by atoms with van der Waals surface area (Å²) < 4.78 is 7.65. The van der Waals surface area contributed by atoms with E-state index < -0.39 is 6.10 Å². The zero-order valence-corrected chi connectivity index (χ0v) is 14.1. The van der Waals surface area contributed by atoms with Crippen LogP contribution in [0.15, 0.2) is 0 Å². The van der Waals surface area contributed by atoms with Gasteiger partial charge in [-0.3, -0.25) is 4.68 Å². The summed E-state index contributed by atoms with van der Waals surface area (Å²) in [5, 5.41) is 15.7. The quantitative estimate of drug-likeness (QED) is 0.876. The normalized spacial score (nSPS) is 19.7. The number of hydrogen-bond donors (Lipinski definition) is 1. The monoisotopic (exact) mass is 314 g/mol. The lowest BCUT2D eigenvalue weighted by atomic mass is 9.82. The largest absolute Gasteiger partial charge is 0.390 e. The van der Waals surface area contributed by atoms with Gasteiger partial charge >= 0.3 is 0 Å². The van der Waals surface area contributed by atoms with E-state index >= 15 is 0 Å². The van der Waals surface area contributed by atoms with Gasteiger partial charge in [-0.25, -0.2) is 0 Å². The van der Waals surface area contributed by atoms with E-state index in [1.807, 2.05) is 20.9 Å². The maximum absolute atomic E-state index is 10.7. The summed E-state index contributed by atoms with van der Waals surface area (Å²) in [7, 11) is 1.87. The van der Waals surface area contributed by atoms with Gasteiger partial charge in [0.1, 0.15) is 0 Å². The molecule has 5 heteroatoms. The zero-order chi connectivity index (χ0) is 15.4. The Morgan fingerprint density at radius 1 is 1.38 bits per heavy atom. The van der Waals surface area contributed by atoms with Gasteiger partial charge in [-0.05, 0) is 32.6 Å². The molecule has 1 heterocycles. The molecule has 0 aromatic carbocycles. The Morgan fingerprint density at radius 3 is 2.57 bits per heavy atom. The summed E-state index contributed by atoms with van der Waals surface area (Å²) in [5.41, 5.74) is 1.70. The number of aliphatic hydroxyl groups is 1. The molecular weight excluding hydrogens is 288 g/mol. The Kier molecular flexibility index (Phi) is 6.08. The minimum absolute atomic E-state index is 0.0958. The van der Waals surface area contributed by atoms with Gasteiger partial charge in [0.25, 0.3) is 0 Å². The molecule has 0 bridgehead atoms. The molecule has 1 aromatic heterocycles. The standard InChI is InChI=1S/C16H27ClN2O2/c1-4-21-16(12-8-6-5-7-9-12)14(20)10-13-15(17)11(2)18-19(13)3/h12,14,16,20H,4-10H2,1-3H3. The first-order valence-corrected chi connectivity index (χ1v) is 8.40. The van der Waals surface area contributed by atoms with Crippen molar-refractivity contribution >= 4 is 11.6 Å². The molecule has 1 aliphatic rings. The molecular formula is C16H27ClN2O2. The van der Waals surface area contributed by atoms with Gasteiger partial charge in [-0.1, -0.05) is 30.9 Å². The predicted molar refractivity (Wildman–Crippen MR) is 84.7 cm³/mol. The number of ether oxygens (including phenoxy) is 1. The lowest BCUT2D eigenvalue weighted by molar-refractivity contribution is -0.0720. The van der Waals surface area contributed by atoms with Crippen LogP contribution in [-0.2, 0) is 18.2 Å². The van der Waals surface area contributed by atoms with Crippen LogP contribution in [0.2, 0.25) is 5.02 Å². The van der Waals surface area contributed by atoms with Gasteiger partial charge in [0.15, 0.2) is 0 Å². The highest BCUT2D eigenvalue weighted by Crippen LogP contribution is 2.31. The molecule has 2 unspecified atom stereocenters. The zero-order valence-electron chi connectivity index (χ0n) is 13.3. The maximum atomic E-state index is 10.7. The molecule has 0 amide bonds. The second kappa shape index (κ2) is 7.61. The first-order chi connectivity index (χ1) is 10.0. The van der Waals surface area contributed by atoms with E-state index in [0.717, 1.165) is 24.2 Å². The van der Waals surface area contributed by atoms with Crippen molar-refractivity contribution in [3.8, 4) is 0 Å². The molecule has 21 heavy (non-hydrogen) atoms. The summed E-state index contributed by atoms with van der Waals surface area (Å²) in [6.45, 7) is 4.51. The third kappa shape index (κ3) is 3.99. The Hall–Kier alpha value is -0.580. The highest BCUT2D eigenvalue weighted by Gasteiger charge is 2.31. The van der Waals surface area contributed by atoms with Gasteiger partial charge < -0.3 is 9.84 Å². The summed E-state index contributed by atoms with van der Waals surface area (Å²) in [6, 6.07) is 0. The van der Waals surface area contributed by atoms with Crippen LogP contribution < -0.4 is 0 Å². The summed E-state index contributed by atoms with van der Waals surface area (Å²) in [5.74, 6) is 0.460. The van der Waals surface area contributed by atoms with Crippen LogP contribution in [0.1, 0.15) is 50.4 Å². The molecule has 1 aliphatic carbocycles. The third-order valence-electron chi connectivity index (χ3n) is 4.52. The summed E-state index contributed by atoms with van der Waals surface area (Å²) in [6.07, 6.45) is 5.97. The fourth-order valence-electron chi connectivity index (χ4n) is 3.43. The molecule has 1 N–H and O–H groups in total. The molecule has 0 saturated heterocycles. The van der Waals surface area contributed by atoms with Crippen molar-refractivity contribution < 1.29 is 9.84 Å². The maximum Gasteiger partial charge on any atom is 0.0865 e. The third-order valence-corrected chi connectivity index (χ3v) is 5.01. The van der Waals surface area contributed by atoms with E-state index in [9.17, 15) is 5.11 Å². The highest BCUT2D eigenvalue weighted by atomic mass is 35.5. The Balaban J connectivity index is 2.08. The van der Waals surface area contributed by atoms with Gasteiger partial charge in [0, 0.05) is 20.1 Å². The topological polar surface area (TPSA) is 47.3 Å². The van der Waals surface area contributed by atoms with Crippen molar-refractivity contribution in [2.24, 2.45) is 13.0 Å². The van der Waals surface area contributed by atoms with Crippen molar-refractivity contribution in [2.45, 2.75) is 64.6 Å². The first kappa shape index (κ1) is 16.8. The fourth-order valence-corrected chi connectivity index (χ4v) is 3.67. The summed E-state index contributed by atoms with van der Waals surface area (Å²) in [4.78, 5) is 0. The van der Waals surface area contributed by atoms with Crippen LogP contribution in [-0.4, -0.2) is 33.7 Å². The highest BCUT2D eigenvalue weighted by molar-refractivity contribution is 6.31. The molecule has 4 nitrogen and oxygen atoms in total. The van der Waals surface area contributed by atoms with Crippen molar-refractivity contribution in [3.05, 3.63) is 16.4 Å². The second-order valence-corrected chi connectivity index (χ2v) is 6.44. The number of nitrogens with zero attached hydrogens (tertiary/aromatic N) is 2. The number of rotatable bonds is 6. The molecule has 0 spiro atoms. The van der Waals surface area contributed by atoms with Crippen LogP contribution in [0, 0.1) is 12.8 Å². The van der Waals surface area contributed by atoms with Crippen LogP contribution in [0.3, 0.4) is 0 Å². The number of aromatic nitrogens is 2. The van der Waals surface area contributed by atoms with E-state index in [1.54, 1.807) is 4.68 Å². The summed E-state index contributed by atoms with van der Waals surface area (Å²) >= 11 is 6.29. The van der Waals surface area contributed by atoms with E-state index in [1.165, 1.54) is 19.3 Å². The molecule has 2 rings (SSSR count). The lowest BCUT2D eigenvalue weighted by Gasteiger charge is -2.33. The molecule has 1 aromatic rings. The van der Waals surface area contributed by atoms with Crippen LogP contribution in [0.25, 0.3) is 0 Å². The lowest BCUT2D eigenvalue weighted by Crippen LogP contribution is -2.39. The smallest absolute Gasteiger partial charge is 0.0865 e. The van der Waals surface area contributed by atoms with E-state index in [4.69, 9.17) is 16.3 Å². The first-order valence-electron chi connectivity index (χ1n) is 8.02. The Morgan fingerprint density at radius 2 is 2.05 bits per heavy atom. The van der Waals surface area contributed by atoms with Crippen molar-refractivity contribution in [3.63, 3.8) is 0 Å². The van der Waals surface area contributed by atoms with E-state index in [0.29, 0.717) is 24.0 Å². The predicted octanol–water partition coefficient (Wildman–Crippen LogP) is 3.27. The molecule has 120 valence electrons. The van der Waals surface area contributed by atoms with Crippen molar-refractivity contribution in [1.29, 1.82) is 0 Å². The van der Waals surface area contributed by atoms with Gasteiger partial charge in [0.05, 0.1) is 28.6 Å². The van der Waals surface area contributed by atoms with E-state index in [-0.39, 0.29) is 6.10 Å². The van der Waals surface area contributed by atoms with Crippen LogP contribution in [0.5, 0.6) is 0 Å². The Labute approximate surface area is 132 Å². The van der Waals surface area contributed by atoms with Crippen molar-refractivity contribution in [1.82, 2.24) is 9.78 Å². The second-order valence-electron chi connectivity index (χ2n) is 6.06. The van der Waals surface area contributed by atoms with Crippen LogP contribution >= 0.6 is 11.6 Å². The minimum atomic E-state index is -0.527. The average molecular weight is 315 g/mol. The molecule has 2 atom stereocenters. The molecule has 1 fully saturated rings. The Bertz CT molecular complexity index is 455. The van der Waals surface area contributed by atoms with Gasteiger partial charge in [-0.2, -0.15) is 5.10 Å². The SMILES string of the molecule is CCOC(C(O)Cc1c(Cl)c(C)nn1C)C1CCCCC1. The fraction of sp³-hybridized carbons (Fsp3) is 0.812. The van der Waals surface area contributed by atoms with E-state index in [2.05, 4.69) is 5.10 Å². The van der Waals surface area contributed by atoms with Gasteiger partial charge in [-0.15, -0.1) is 0 Å². The minimum Gasteiger partial charge on any atom is -0.390 e. The molecule has 0 radical (unpaired) electrons. The number of aliphatic hydroxyl groups excluding tert-OH is 1. The van der Waals surface area contributed by atoms with Crippen LogP contribution in [0.4, 0.5) is 0 Å². The molecule has 1 saturated carbocycles. The average Bonchev–Trinajstić information content (AvgIpc) is 2.72. The van der Waals surface area contributed by atoms with Crippen molar-refractivity contribution in [2.75, 3.05) is 6.61 Å². The number of halogens is 1. The van der Waals surface area contributed by atoms with Gasteiger partial charge in [0.2, 0.25) is 0 Å². The molecule has 0 aliphatic heterocycles. The number of aryl methyl sites for hydroxylation is 2. The number of hydrogen-bond acceptors (Lipinski definition) is 3.